The van der Waals surface area contributed by atoms with Gasteiger partial charge in [0.2, 0.25) is 0 Å². The first-order valence-electron chi connectivity index (χ1n) is 34.5. The number of halogens is 8. The molecule has 0 amide bonds. The van der Waals surface area contributed by atoms with Gasteiger partial charge in [-0.2, -0.15) is 0 Å². The molecule has 0 saturated carbocycles. The zero-order valence-corrected chi connectivity index (χ0v) is 75.4. The van der Waals surface area contributed by atoms with E-state index in [-0.39, 0.29) is 77.7 Å². The number of rotatable bonds is 28. The number of hydrogen-bond acceptors (Lipinski definition) is 0. The fourth-order valence-electron chi connectivity index (χ4n) is 15.7. The summed E-state index contributed by atoms with van der Waals surface area (Å²) in [7, 11) is 19.3. The van der Waals surface area contributed by atoms with E-state index in [4.69, 9.17) is 83.6 Å². The summed E-state index contributed by atoms with van der Waals surface area (Å²) in [5, 5.41) is 0. The second-order valence-electron chi connectivity index (χ2n) is 38.7. The summed E-state index contributed by atoms with van der Waals surface area (Å²) in [5.41, 5.74) is 11.1. The Morgan fingerprint density at radius 3 is 0.625 bits per heavy atom. The van der Waals surface area contributed by atoms with Crippen molar-refractivity contribution in [3.8, 4) is 0 Å². The van der Waals surface area contributed by atoms with Gasteiger partial charge in [-0.1, -0.05) is 270 Å². The van der Waals surface area contributed by atoms with Crippen molar-refractivity contribution in [1.82, 2.24) is 0 Å². The Bertz CT molecular complexity index is 2500. The van der Waals surface area contributed by atoms with Crippen molar-refractivity contribution >= 4 is 91.7 Å². The fraction of sp³-hybridized carbons (Fsp3) is 0.698. The van der Waals surface area contributed by atoms with E-state index in [0.717, 1.165) is 49.7 Å². The molecule has 0 heterocycles. The quantitative estimate of drug-likeness (QED) is 0.0386. The van der Waals surface area contributed by atoms with Crippen molar-refractivity contribution in [3.05, 3.63) is 156 Å². The molecule has 560 valence electrons. The van der Waals surface area contributed by atoms with E-state index in [2.05, 4.69) is 273 Å². The Kier molecular flexibility index (Phi) is 44.6. The maximum absolute atomic E-state index is 6.55. The molecule has 0 nitrogen and oxygen atoms in total. The average molecular weight is 1550 g/mol. The van der Waals surface area contributed by atoms with E-state index in [9.17, 15) is 0 Å². The number of allylic oxidation sites excluding steroid dienone is 4. The van der Waals surface area contributed by atoms with Crippen molar-refractivity contribution in [3.63, 3.8) is 0 Å². The molecule has 0 fully saturated rings. The maximum atomic E-state index is 6.55. The van der Waals surface area contributed by atoms with Crippen LogP contribution in [0.2, 0.25) is 25.7 Å². The molecule has 0 bridgehead atoms. The molecule has 96 heavy (non-hydrogen) atoms. The summed E-state index contributed by atoms with van der Waals surface area (Å²) in [6.45, 7) is 90.3. The van der Waals surface area contributed by atoms with Crippen LogP contribution in [0.4, 0.5) is 0 Å². The summed E-state index contributed by atoms with van der Waals surface area (Å²) in [6, 6.07) is 28.4. The van der Waals surface area contributed by atoms with Crippen LogP contribution in [0.3, 0.4) is 0 Å². The zero-order chi connectivity index (χ0) is 75.4. The number of alkyl halides is 4. The molecule has 0 aromatic heterocycles. The van der Waals surface area contributed by atoms with Crippen molar-refractivity contribution < 1.29 is 12.3 Å². The Balaban J connectivity index is -0.000000400. The van der Waals surface area contributed by atoms with Crippen LogP contribution in [0, 0.1) is 32.5 Å². The van der Waals surface area contributed by atoms with Crippen LogP contribution < -0.4 is 0 Å². The minimum absolute atomic E-state index is 0. The molecule has 3 aromatic rings. The van der Waals surface area contributed by atoms with Gasteiger partial charge in [0, 0.05) is 17.8 Å². The third-order valence-electron chi connectivity index (χ3n) is 16.7. The summed E-state index contributed by atoms with van der Waals surface area (Å²) >= 11 is 22.4. The van der Waals surface area contributed by atoms with Gasteiger partial charge in [0.05, 0.1) is 9.75 Å². The fourth-order valence-corrected chi connectivity index (χ4v) is 17.5. The molecule has 0 aliphatic carbocycles. The van der Waals surface area contributed by atoms with Gasteiger partial charge in [0.25, 0.3) is 0 Å². The van der Waals surface area contributed by atoms with Crippen LogP contribution in [-0.4, -0.2) is 17.8 Å². The standard InChI is InChI=1S/C34H58.C28H48Cl2.C12H16Cl2.C6H14Si.C4H8.2CH4.4ClH.Ti/c1-15-21-29(3,4)23-31(7,8)25-33(11,12)27-17-19-28(20-18-27)34(13,14)26-32(9,10)24-30(5,6)22-16-2;1-23(2,19-27(9,10)29)17-25(5,6)21-13-15-22(16-14-21)26(7,8)18-24(3,4)20-28(11,12)30;1-11(2,13)9-5-7-10(8-6-9)12(3,4)14;1-5-6-7(2,3)4;1-4(2)3;;;;;;;/h15-20H,1-2,21-26H2,3-14H3;13-16H,17-20H2,1-12H3;5-8H,1-4H3;5H,1,6H2,2-4H3;1H2,2-3H3;2*1H4;4*1H;/q;;;;;;;;;;;+4/p-4. The molecule has 10 heteroatoms. The van der Waals surface area contributed by atoms with Crippen LogP contribution >= 0.6 is 83.6 Å². The summed E-state index contributed by atoms with van der Waals surface area (Å²) in [6.07, 6.45) is 17.3. The predicted octanol–water partition coefficient (Wildman–Crippen LogP) is 33.7. The van der Waals surface area contributed by atoms with Gasteiger partial charge in [0.1, 0.15) is 0 Å². The molecule has 3 aromatic carbocycles. The third-order valence-corrected chi connectivity index (χ3v) is 18.9. The van der Waals surface area contributed by atoms with Gasteiger partial charge in [-0.25, -0.2) is 0 Å². The van der Waals surface area contributed by atoms with Gasteiger partial charge < -0.3 is 0 Å². The first-order chi connectivity index (χ1) is 41.2. The normalized spacial score (nSPS) is 13.3. The van der Waals surface area contributed by atoms with Gasteiger partial charge in [-0.05, 0) is 227 Å². The topological polar surface area (TPSA) is 0 Å². The third kappa shape index (κ3) is 51.1. The van der Waals surface area contributed by atoms with Crippen molar-refractivity contribution in [2.75, 3.05) is 0 Å². The van der Waals surface area contributed by atoms with E-state index in [1.165, 1.54) is 59.6 Å². The van der Waals surface area contributed by atoms with Gasteiger partial charge in [0.15, 0.2) is 0 Å². The van der Waals surface area contributed by atoms with E-state index in [1.807, 2.05) is 71.9 Å². The molecule has 0 aliphatic heterocycles. The molecule has 0 aliphatic rings. The van der Waals surface area contributed by atoms with E-state index in [0.29, 0.717) is 10.8 Å². The summed E-state index contributed by atoms with van der Waals surface area (Å²) in [5.74, 6) is 0. The Morgan fingerprint density at radius 1 is 0.333 bits per heavy atom. The Labute approximate surface area is 640 Å². The molecule has 0 spiro atoms. The molecule has 0 radical (unpaired) electrons. The summed E-state index contributed by atoms with van der Waals surface area (Å²) < 4.78 is 0. The molecule has 0 saturated heterocycles. The number of benzene rings is 3. The Morgan fingerprint density at radius 2 is 0.500 bits per heavy atom. The minimum atomic E-state index is -3.11. The predicted molar refractivity (Wildman–Crippen MR) is 454 cm³/mol. The van der Waals surface area contributed by atoms with E-state index in [1.54, 1.807) is 0 Å². The molecular formula is C86H152Cl8SiTi. The van der Waals surface area contributed by atoms with Gasteiger partial charge >= 0.3 is 49.6 Å². The van der Waals surface area contributed by atoms with Crippen molar-refractivity contribution in [2.24, 2.45) is 32.5 Å². The second kappa shape index (κ2) is 41.0. The molecular weight excluding hydrogens is 1390 g/mol. The molecule has 3 rings (SSSR count). The van der Waals surface area contributed by atoms with Crippen LogP contribution in [0.5, 0.6) is 0 Å². The molecule has 0 N–H and O–H groups in total. The SMILES string of the molecule is C.C.C=C(C)C.C=CCC(C)(C)CC(C)(C)CC(C)(C)c1ccc(C(C)(C)CC(C)(C)CC(C)(C)CC=C)cc1.C=CC[Si](C)(C)C.CC(C)(Cl)CC(C)(C)CC(C)(C)c1ccc(C(C)(C)CC(C)(C)CC(C)(C)Cl)cc1.CC(C)(Cl)c1ccc(C(C)(C)Cl)cc1.[Cl][Ti]([Cl])([Cl])[Cl]. The average Bonchev–Trinajstić information content (AvgIpc) is 0.805. The summed E-state index contributed by atoms with van der Waals surface area (Å²) in [4.78, 5) is -0.959. The molecule has 0 unspecified atom stereocenters. The van der Waals surface area contributed by atoms with Crippen LogP contribution in [-0.2, 0) is 43.8 Å². The first kappa shape index (κ1) is 104. The van der Waals surface area contributed by atoms with Crippen molar-refractivity contribution in [2.45, 2.75) is 354 Å². The monoisotopic (exact) mass is 1540 g/mol. The second-order valence-corrected chi connectivity index (χ2v) is 63.7. The van der Waals surface area contributed by atoms with Gasteiger partial charge in [-0.15, -0.1) is 72.7 Å². The van der Waals surface area contributed by atoms with E-state index < -0.39 is 20.4 Å². The van der Waals surface area contributed by atoms with Crippen LogP contribution in [0.15, 0.2) is 123 Å². The van der Waals surface area contributed by atoms with Crippen LogP contribution in [0.1, 0.15) is 320 Å². The molecule has 0 atom stereocenters. The zero-order valence-electron chi connectivity index (χ0n) is 66.8. The first-order valence-corrected chi connectivity index (χ1v) is 48.3. The van der Waals surface area contributed by atoms with Crippen LogP contribution in [0.25, 0.3) is 0 Å². The van der Waals surface area contributed by atoms with Crippen molar-refractivity contribution in [1.29, 1.82) is 0 Å². The Hall–Kier alpha value is -0.129. The number of hydrogen-bond donors (Lipinski definition) is 0. The van der Waals surface area contributed by atoms with E-state index >= 15 is 0 Å². The van der Waals surface area contributed by atoms with Gasteiger partial charge in [-0.3, -0.25) is 0 Å².